The van der Waals surface area contributed by atoms with Crippen molar-refractivity contribution >= 4 is 35.1 Å². The van der Waals surface area contributed by atoms with Crippen LogP contribution in [-0.2, 0) is 25.6 Å². The molecule has 10 nitrogen and oxygen atoms in total. The summed E-state index contributed by atoms with van der Waals surface area (Å²) in [5.41, 5.74) is 1.60. The fraction of sp³-hybridized carbons (Fsp3) is 0.281. The summed E-state index contributed by atoms with van der Waals surface area (Å²) in [6, 6.07) is 20.9. The van der Waals surface area contributed by atoms with Gasteiger partial charge in [0, 0.05) is 17.7 Å². The van der Waals surface area contributed by atoms with Crippen molar-refractivity contribution in [3.05, 3.63) is 96.1 Å². The molecule has 0 radical (unpaired) electrons. The second-order valence-corrected chi connectivity index (χ2v) is 10.1. The van der Waals surface area contributed by atoms with Gasteiger partial charge in [0.25, 0.3) is 11.8 Å². The van der Waals surface area contributed by atoms with Gasteiger partial charge in [0.2, 0.25) is 17.6 Å². The highest BCUT2D eigenvalue weighted by atomic mass is 16.5. The molecule has 0 spiro atoms. The average Bonchev–Trinajstić information content (AvgIpc) is 3.00. The molecule has 0 fully saturated rings. The van der Waals surface area contributed by atoms with Gasteiger partial charge in [-0.3, -0.25) is 24.0 Å². The maximum absolute atomic E-state index is 13.3. The quantitative estimate of drug-likeness (QED) is 0.232. The second kappa shape index (κ2) is 15.1. The lowest BCUT2D eigenvalue weighted by molar-refractivity contribution is -0.138. The molecule has 4 N–H and O–H groups in total. The molecule has 0 saturated carbocycles. The Morgan fingerprint density at radius 2 is 1.31 bits per heavy atom. The summed E-state index contributed by atoms with van der Waals surface area (Å²) < 4.78 is 5.09. The van der Waals surface area contributed by atoms with Crippen LogP contribution >= 0.6 is 0 Å². The monoisotopic (exact) mass is 572 g/mol. The van der Waals surface area contributed by atoms with Gasteiger partial charge in [0.1, 0.15) is 17.8 Å². The van der Waals surface area contributed by atoms with Gasteiger partial charge in [-0.05, 0) is 54.8 Å². The van der Waals surface area contributed by atoms with E-state index in [0.29, 0.717) is 17.0 Å². The zero-order valence-corrected chi connectivity index (χ0v) is 24.0. The molecule has 4 amide bonds. The van der Waals surface area contributed by atoms with Crippen LogP contribution in [0.1, 0.15) is 36.7 Å². The van der Waals surface area contributed by atoms with E-state index < -0.39 is 53.5 Å². The molecule has 10 heteroatoms. The van der Waals surface area contributed by atoms with E-state index >= 15 is 0 Å². The van der Waals surface area contributed by atoms with E-state index in [-0.39, 0.29) is 6.42 Å². The lowest BCUT2D eigenvalue weighted by Gasteiger charge is -2.25. The molecular weight excluding hydrogens is 536 g/mol. The van der Waals surface area contributed by atoms with Crippen molar-refractivity contribution in [2.24, 2.45) is 5.92 Å². The van der Waals surface area contributed by atoms with Gasteiger partial charge in [-0.15, -0.1) is 0 Å². The fourth-order valence-corrected chi connectivity index (χ4v) is 4.09. The lowest BCUT2D eigenvalue weighted by Crippen LogP contribution is -2.56. The molecule has 3 aromatic rings. The van der Waals surface area contributed by atoms with Crippen LogP contribution < -0.4 is 26.0 Å². The van der Waals surface area contributed by atoms with Gasteiger partial charge in [0.05, 0.1) is 13.2 Å². The third kappa shape index (κ3) is 9.02. The third-order valence-electron chi connectivity index (χ3n) is 6.51. The summed E-state index contributed by atoms with van der Waals surface area (Å²) in [5, 5.41) is 10.5. The number of anilines is 1. The third-order valence-corrected chi connectivity index (χ3v) is 6.51. The zero-order chi connectivity index (χ0) is 30.6. The summed E-state index contributed by atoms with van der Waals surface area (Å²) in [4.78, 5) is 64.8. The molecule has 0 bridgehead atoms. The van der Waals surface area contributed by atoms with E-state index in [1.165, 1.54) is 14.0 Å². The van der Waals surface area contributed by atoms with E-state index in [2.05, 4.69) is 21.3 Å². The second-order valence-electron chi connectivity index (χ2n) is 10.1. The van der Waals surface area contributed by atoms with Crippen molar-refractivity contribution in [2.75, 3.05) is 12.4 Å². The van der Waals surface area contributed by atoms with Crippen LogP contribution in [0.4, 0.5) is 5.69 Å². The molecule has 3 atom stereocenters. The summed E-state index contributed by atoms with van der Waals surface area (Å²) >= 11 is 0. The number of carbonyl (C=O) groups is 5. The molecule has 0 saturated heterocycles. The Labute approximate surface area is 245 Å². The van der Waals surface area contributed by atoms with Crippen molar-refractivity contribution in [3.8, 4) is 5.75 Å². The molecule has 0 aromatic heterocycles. The van der Waals surface area contributed by atoms with E-state index in [1.807, 2.05) is 30.3 Å². The van der Waals surface area contributed by atoms with Gasteiger partial charge >= 0.3 is 0 Å². The molecule has 3 unspecified atom stereocenters. The van der Waals surface area contributed by atoms with Crippen molar-refractivity contribution in [1.82, 2.24) is 16.0 Å². The first-order valence-corrected chi connectivity index (χ1v) is 13.6. The number of methoxy groups -OCH3 is 1. The maximum Gasteiger partial charge on any atom is 0.293 e. The minimum absolute atomic E-state index is 0.193. The van der Waals surface area contributed by atoms with Crippen molar-refractivity contribution < 1.29 is 28.7 Å². The highest BCUT2D eigenvalue weighted by Crippen LogP contribution is 2.15. The Kier molecular flexibility index (Phi) is 11.4. The minimum atomic E-state index is -1.13. The average molecular weight is 573 g/mol. The molecule has 3 aromatic carbocycles. The minimum Gasteiger partial charge on any atom is -0.497 e. The van der Waals surface area contributed by atoms with Crippen LogP contribution in [0.5, 0.6) is 5.75 Å². The van der Waals surface area contributed by atoms with Crippen LogP contribution in [0.25, 0.3) is 0 Å². The maximum atomic E-state index is 13.3. The summed E-state index contributed by atoms with van der Waals surface area (Å²) in [7, 11) is 1.51. The first-order valence-electron chi connectivity index (χ1n) is 13.6. The van der Waals surface area contributed by atoms with E-state index in [4.69, 9.17) is 4.74 Å². The smallest absolute Gasteiger partial charge is 0.293 e. The molecular formula is C32H36N4O6. The Morgan fingerprint density at radius 1 is 0.714 bits per heavy atom. The molecule has 42 heavy (non-hydrogen) atoms. The summed E-state index contributed by atoms with van der Waals surface area (Å²) in [5.74, 6) is -3.20. The van der Waals surface area contributed by atoms with Crippen LogP contribution in [0.3, 0.4) is 0 Å². The van der Waals surface area contributed by atoms with Gasteiger partial charge in [0.15, 0.2) is 0 Å². The standard InChI is InChI=1S/C32H36N4O6/c1-20(2)27(28(37)32(41)34-24-15-17-25(42-4)18-16-24)36-29(38)21(3)33-31(40)26(19-22-11-7-5-8-12-22)35-30(39)23-13-9-6-10-14-23/h5-18,20-21,26-27H,19H2,1-4H3,(H,33,40)(H,34,41)(H,35,39)(H,36,38). The Morgan fingerprint density at radius 3 is 1.88 bits per heavy atom. The zero-order valence-electron chi connectivity index (χ0n) is 24.0. The Balaban J connectivity index is 1.66. The van der Waals surface area contributed by atoms with Gasteiger partial charge in [-0.25, -0.2) is 0 Å². The number of hydrogen-bond donors (Lipinski definition) is 4. The lowest BCUT2D eigenvalue weighted by atomic mass is 9.98. The van der Waals surface area contributed by atoms with Crippen LogP contribution in [-0.4, -0.2) is 54.6 Å². The first-order chi connectivity index (χ1) is 20.1. The predicted octanol–water partition coefficient (Wildman–Crippen LogP) is 2.89. The van der Waals surface area contributed by atoms with Gasteiger partial charge in [-0.2, -0.15) is 0 Å². The molecule has 220 valence electrons. The number of benzene rings is 3. The van der Waals surface area contributed by atoms with E-state index in [0.717, 1.165) is 5.56 Å². The number of Topliss-reactive ketones (excluding diaryl/α,β-unsaturated/α-hetero) is 1. The Bertz CT molecular complexity index is 1380. The molecule has 3 rings (SSSR count). The molecule has 0 aliphatic heterocycles. The normalized spacial score (nSPS) is 12.8. The topological polar surface area (TPSA) is 143 Å². The van der Waals surface area contributed by atoms with E-state index in [1.54, 1.807) is 68.4 Å². The SMILES string of the molecule is COc1ccc(NC(=O)C(=O)C(NC(=O)C(C)NC(=O)C(Cc2ccccc2)NC(=O)c2ccccc2)C(C)C)cc1. The molecule has 0 heterocycles. The number of carbonyl (C=O) groups excluding carboxylic acids is 5. The first kappa shape index (κ1) is 31.5. The van der Waals surface area contributed by atoms with Crippen molar-refractivity contribution in [3.63, 3.8) is 0 Å². The highest BCUT2D eigenvalue weighted by Gasteiger charge is 2.32. The van der Waals surface area contributed by atoms with Crippen LogP contribution in [0.2, 0.25) is 0 Å². The molecule has 0 aliphatic rings. The number of nitrogens with one attached hydrogen (secondary N) is 4. The fourth-order valence-electron chi connectivity index (χ4n) is 4.09. The number of hydrogen-bond acceptors (Lipinski definition) is 6. The summed E-state index contributed by atoms with van der Waals surface area (Å²) in [6.07, 6.45) is 0.193. The van der Waals surface area contributed by atoms with Gasteiger partial charge in [-0.1, -0.05) is 62.4 Å². The number of ketones is 1. The predicted molar refractivity (Wildman–Crippen MR) is 159 cm³/mol. The van der Waals surface area contributed by atoms with Crippen LogP contribution in [0.15, 0.2) is 84.9 Å². The number of ether oxygens (including phenoxy) is 1. The van der Waals surface area contributed by atoms with Crippen LogP contribution in [0, 0.1) is 5.92 Å². The Hall–Kier alpha value is -4.99. The number of rotatable bonds is 13. The molecule has 0 aliphatic carbocycles. The number of amides is 4. The van der Waals surface area contributed by atoms with Crippen molar-refractivity contribution in [1.29, 1.82) is 0 Å². The summed E-state index contributed by atoms with van der Waals surface area (Å²) in [6.45, 7) is 4.86. The van der Waals surface area contributed by atoms with Crippen molar-refractivity contribution in [2.45, 2.75) is 45.3 Å². The largest absolute Gasteiger partial charge is 0.497 e. The van der Waals surface area contributed by atoms with E-state index in [9.17, 15) is 24.0 Å². The van der Waals surface area contributed by atoms with Gasteiger partial charge < -0.3 is 26.0 Å². The highest BCUT2D eigenvalue weighted by molar-refractivity contribution is 6.42.